The van der Waals surface area contributed by atoms with Crippen LogP contribution in [0.5, 0.6) is 5.75 Å². The minimum Gasteiger partial charge on any atom is -0.506 e. The van der Waals surface area contributed by atoms with Crippen LogP contribution in [0, 0.1) is 0 Å². The average Bonchev–Trinajstić information content (AvgIpc) is 2.36. The number of benzene rings is 1. The molecule has 2 rings (SSSR count). The largest absolute Gasteiger partial charge is 0.506 e. The third-order valence-corrected chi connectivity index (χ3v) is 4.79. The second kappa shape index (κ2) is 6.55. The van der Waals surface area contributed by atoms with E-state index in [0.29, 0.717) is 23.7 Å². The molecule has 0 amide bonds. The lowest BCUT2D eigenvalue weighted by Gasteiger charge is -2.32. The van der Waals surface area contributed by atoms with E-state index in [1.54, 1.807) is 6.07 Å². The van der Waals surface area contributed by atoms with Gasteiger partial charge >= 0.3 is 0 Å². The summed E-state index contributed by atoms with van der Waals surface area (Å²) in [7, 11) is 0. The molecule has 1 aliphatic rings. The van der Waals surface area contributed by atoms with Gasteiger partial charge in [0.25, 0.3) is 0 Å². The molecule has 3 nitrogen and oxygen atoms in total. The van der Waals surface area contributed by atoms with Crippen LogP contribution in [0.15, 0.2) is 12.1 Å². The number of halogens is 2. The fourth-order valence-electron chi connectivity index (χ4n) is 2.11. The van der Waals surface area contributed by atoms with Gasteiger partial charge in [0.05, 0.1) is 10.6 Å². The number of phenolic OH excluding ortho intramolecular Hbond substituents is 1. The molecule has 0 spiro atoms. The summed E-state index contributed by atoms with van der Waals surface area (Å²) in [5, 5.41) is 24.1. The highest BCUT2D eigenvalue weighted by molar-refractivity contribution is 7.99. The van der Waals surface area contributed by atoms with Gasteiger partial charge in [0.15, 0.2) is 0 Å². The van der Waals surface area contributed by atoms with Crippen LogP contribution in [-0.2, 0) is 6.54 Å². The maximum absolute atomic E-state index is 10.3. The first-order valence-corrected chi connectivity index (χ1v) is 8.09. The molecule has 0 radical (unpaired) electrons. The molecule has 1 aliphatic heterocycles. The molecule has 0 aromatic heterocycles. The lowest BCUT2D eigenvalue weighted by molar-refractivity contribution is 0.0320. The first-order valence-electron chi connectivity index (χ1n) is 6.18. The van der Waals surface area contributed by atoms with Crippen molar-refractivity contribution in [3.63, 3.8) is 0 Å². The minimum atomic E-state index is -0.636. The van der Waals surface area contributed by atoms with E-state index in [-0.39, 0.29) is 10.8 Å². The summed E-state index contributed by atoms with van der Waals surface area (Å²) in [6.07, 6.45) is 1.60. The Hall–Kier alpha value is -0.130. The Labute approximate surface area is 127 Å². The fourth-order valence-corrected chi connectivity index (χ4v) is 3.90. The number of rotatable bonds is 4. The number of phenols is 1. The summed E-state index contributed by atoms with van der Waals surface area (Å²) in [6, 6.07) is 3.18. The summed E-state index contributed by atoms with van der Waals surface area (Å²) < 4.78 is 0. The van der Waals surface area contributed by atoms with Gasteiger partial charge in [-0.2, -0.15) is 11.8 Å². The quantitative estimate of drug-likeness (QED) is 0.797. The molecule has 0 unspecified atom stereocenters. The lowest BCUT2D eigenvalue weighted by Crippen LogP contribution is -2.43. The summed E-state index contributed by atoms with van der Waals surface area (Å²) in [6.45, 7) is 0.943. The van der Waals surface area contributed by atoms with Crippen LogP contribution in [0.25, 0.3) is 0 Å². The van der Waals surface area contributed by atoms with Crippen LogP contribution in [0.1, 0.15) is 18.4 Å². The molecule has 6 heteroatoms. The number of aliphatic hydroxyl groups is 1. The van der Waals surface area contributed by atoms with Crippen LogP contribution >= 0.6 is 35.0 Å². The number of aromatic hydroxyl groups is 1. The number of thioether (sulfide) groups is 1. The Morgan fingerprint density at radius 3 is 2.63 bits per heavy atom. The van der Waals surface area contributed by atoms with E-state index in [1.807, 2.05) is 11.8 Å². The predicted molar refractivity (Wildman–Crippen MR) is 81.3 cm³/mol. The second-order valence-electron chi connectivity index (χ2n) is 4.84. The normalized spacial score (nSPS) is 18.5. The third-order valence-electron chi connectivity index (χ3n) is 3.30. The predicted octanol–water partition coefficient (Wildman–Crippen LogP) is 3.05. The van der Waals surface area contributed by atoms with Gasteiger partial charge in [-0.3, -0.25) is 0 Å². The van der Waals surface area contributed by atoms with Gasteiger partial charge in [0, 0.05) is 23.7 Å². The second-order valence-corrected chi connectivity index (χ2v) is 6.90. The SMILES string of the molecule is Oc1c(Cl)cc(Cl)cc1CNCC1(O)CCSCC1. The van der Waals surface area contributed by atoms with Gasteiger partial charge < -0.3 is 15.5 Å². The van der Waals surface area contributed by atoms with Crippen molar-refractivity contribution in [2.24, 2.45) is 0 Å². The van der Waals surface area contributed by atoms with E-state index in [9.17, 15) is 10.2 Å². The topological polar surface area (TPSA) is 52.5 Å². The molecule has 0 aliphatic carbocycles. The molecule has 1 fully saturated rings. The standard InChI is InChI=1S/C13H17Cl2NO2S/c14-10-5-9(12(17)11(15)6-10)7-16-8-13(18)1-3-19-4-2-13/h5-6,16-18H,1-4,7-8H2. The molecular formula is C13H17Cl2NO2S. The average molecular weight is 322 g/mol. The number of hydrogen-bond acceptors (Lipinski definition) is 4. The van der Waals surface area contributed by atoms with E-state index in [0.717, 1.165) is 24.3 Å². The van der Waals surface area contributed by atoms with Gasteiger partial charge in [0.2, 0.25) is 0 Å². The fraction of sp³-hybridized carbons (Fsp3) is 0.538. The van der Waals surface area contributed by atoms with Crippen molar-refractivity contribution in [1.29, 1.82) is 0 Å². The molecule has 19 heavy (non-hydrogen) atoms. The van der Waals surface area contributed by atoms with E-state index >= 15 is 0 Å². The molecule has 1 aromatic rings. The lowest BCUT2D eigenvalue weighted by atomic mass is 9.97. The van der Waals surface area contributed by atoms with Crippen LogP contribution in [-0.4, -0.2) is 33.9 Å². The molecule has 0 bridgehead atoms. The molecule has 0 saturated carbocycles. The van der Waals surface area contributed by atoms with Crippen molar-refractivity contribution in [1.82, 2.24) is 5.32 Å². The van der Waals surface area contributed by atoms with Crippen LogP contribution < -0.4 is 5.32 Å². The van der Waals surface area contributed by atoms with Gasteiger partial charge in [0.1, 0.15) is 5.75 Å². The zero-order valence-corrected chi connectivity index (χ0v) is 12.8. The Balaban J connectivity index is 1.92. The third kappa shape index (κ3) is 4.17. The van der Waals surface area contributed by atoms with Gasteiger partial charge in [-0.1, -0.05) is 23.2 Å². The van der Waals surface area contributed by atoms with Crippen LogP contribution in [0.4, 0.5) is 0 Å². The number of nitrogens with one attached hydrogen (secondary N) is 1. The molecule has 3 N–H and O–H groups in total. The van der Waals surface area contributed by atoms with E-state index in [4.69, 9.17) is 23.2 Å². The maximum Gasteiger partial charge on any atom is 0.138 e. The van der Waals surface area contributed by atoms with Crippen LogP contribution in [0.2, 0.25) is 10.0 Å². The molecular weight excluding hydrogens is 305 g/mol. The van der Waals surface area contributed by atoms with Crippen LogP contribution in [0.3, 0.4) is 0 Å². The maximum atomic E-state index is 10.3. The zero-order chi connectivity index (χ0) is 13.9. The van der Waals surface area contributed by atoms with Crippen molar-refractivity contribution in [2.45, 2.75) is 25.0 Å². The molecule has 1 saturated heterocycles. The van der Waals surface area contributed by atoms with E-state index < -0.39 is 5.60 Å². The van der Waals surface area contributed by atoms with Crippen molar-refractivity contribution in [2.75, 3.05) is 18.1 Å². The van der Waals surface area contributed by atoms with Crippen molar-refractivity contribution in [3.8, 4) is 5.75 Å². The smallest absolute Gasteiger partial charge is 0.138 e. The highest BCUT2D eigenvalue weighted by Crippen LogP contribution is 2.31. The monoisotopic (exact) mass is 321 g/mol. The van der Waals surface area contributed by atoms with Crippen molar-refractivity contribution >= 4 is 35.0 Å². The van der Waals surface area contributed by atoms with E-state index in [1.165, 1.54) is 6.07 Å². The zero-order valence-electron chi connectivity index (χ0n) is 10.5. The molecule has 1 heterocycles. The molecule has 106 valence electrons. The summed E-state index contributed by atoms with van der Waals surface area (Å²) in [5.74, 6) is 2.03. The summed E-state index contributed by atoms with van der Waals surface area (Å²) >= 11 is 13.6. The summed E-state index contributed by atoms with van der Waals surface area (Å²) in [5.41, 5.74) is 0.00903. The first kappa shape index (κ1) is 15.3. The molecule has 0 atom stereocenters. The van der Waals surface area contributed by atoms with Gasteiger partial charge in [-0.15, -0.1) is 0 Å². The molecule has 1 aromatic carbocycles. The number of hydrogen-bond donors (Lipinski definition) is 3. The Bertz CT molecular complexity index is 451. The highest BCUT2D eigenvalue weighted by atomic mass is 35.5. The van der Waals surface area contributed by atoms with Gasteiger partial charge in [-0.05, 0) is 36.5 Å². The Kier molecular flexibility index (Phi) is 5.26. The minimum absolute atomic E-state index is 0.0461. The van der Waals surface area contributed by atoms with Crippen molar-refractivity contribution in [3.05, 3.63) is 27.7 Å². The Morgan fingerprint density at radius 1 is 1.26 bits per heavy atom. The van der Waals surface area contributed by atoms with Gasteiger partial charge in [-0.25, -0.2) is 0 Å². The first-order chi connectivity index (χ1) is 9.00. The summed E-state index contributed by atoms with van der Waals surface area (Å²) in [4.78, 5) is 0. The highest BCUT2D eigenvalue weighted by Gasteiger charge is 2.28. The van der Waals surface area contributed by atoms with Crippen molar-refractivity contribution < 1.29 is 10.2 Å². The Morgan fingerprint density at radius 2 is 1.95 bits per heavy atom. The van der Waals surface area contributed by atoms with E-state index in [2.05, 4.69) is 5.32 Å².